The summed E-state index contributed by atoms with van der Waals surface area (Å²) in [5.74, 6) is -0.937. The lowest BCUT2D eigenvalue weighted by atomic mass is 9.61. The molecule has 2 aromatic carbocycles. The molecule has 2 aromatic rings. The topological polar surface area (TPSA) is 89.3 Å². The number of aryl methyl sites for hydroxylation is 2. The molecule has 0 amide bonds. The van der Waals surface area contributed by atoms with Crippen molar-refractivity contribution in [2.45, 2.75) is 44.9 Å². The van der Waals surface area contributed by atoms with E-state index in [1.54, 1.807) is 0 Å². The van der Waals surface area contributed by atoms with Gasteiger partial charge in [-0.3, -0.25) is 4.79 Å². The van der Waals surface area contributed by atoms with Crippen LogP contribution in [0.25, 0.3) is 0 Å². The van der Waals surface area contributed by atoms with E-state index < -0.39 is 5.97 Å². The van der Waals surface area contributed by atoms with Crippen molar-refractivity contribution in [2.24, 2.45) is 5.92 Å². The lowest BCUT2D eigenvalue weighted by molar-refractivity contribution is -0.143. The SMILES string of the molecule is Cc1cc(N)ccc1C1(c2ccc(N)cc2C)CCC(C(=O)O)CC1. The highest BCUT2D eigenvalue weighted by atomic mass is 16.4. The second-order valence-corrected chi connectivity index (χ2v) is 7.34. The second-order valence-electron chi connectivity index (χ2n) is 7.34. The molecule has 0 radical (unpaired) electrons. The fourth-order valence-electron chi connectivity index (χ4n) is 4.49. The number of anilines is 2. The molecule has 0 bridgehead atoms. The Balaban J connectivity index is 2.14. The van der Waals surface area contributed by atoms with Crippen LogP contribution in [0.2, 0.25) is 0 Å². The molecule has 0 aromatic heterocycles. The molecule has 3 rings (SSSR count). The van der Waals surface area contributed by atoms with Crippen LogP contribution in [0.5, 0.6) is 0 Å². The lowest BCUT2D eigenvalue weighted by Crippen LogP contribution is -2.36. The molecular weight excluding hydrogens is 312 g/mol. The van der Waals surface area contributed by atoms with Crippen molar-refractivity contribution >= 4 is 17.3 Å². The van der Waals surface area contributed by atoms with E-state index in [9.17, 15) is 9.90 Å². The Morgan fingerprint density at radius 2 is 1.40 bits per heavy atom. The molecule has 5 N–H and O–H groups in total. The summed E-state index contributed by atoms with van der Waals surface area (Å²) in [5, 5.41) is 9.40. The smallest absolute Gasteiger partial charge is 0.306 e. The number of aliphatic carboxylic acids is 1. The summed E-state index contributed by atoms with van der Waals surface area (Å²) < 4.78 is 0. The second kappa shape index (κ2) is 6.43. The third-order valence-corrected chi connectivity index (χ3v) is 5.72. The number of hydrogen-bond donors (Lipinski definition) is 3. The maximum atomic E-state index is 11.4. The number of hydrogen-bond acceptors (Lipinski definition) is 3. The van der Waals surface area contributed by atoms with E-state index in [1.807, 2.05) is 24.3 Å². The third kappa shape index (κ3) is 3.09. The van der Waals surface area contributed by atoms with Crippen LogP contribution in [0.1, 0.15) is 47.9 Å². The molecule has 25 heavy (non-hydrogen) atoms. The number of nitrogens with two attached hydrogens (primary N) is 2. The van der Waals surface area contributed by atoms with E-state index >= 15 is 0 Å². The van der Waals surface area contributed by atoms with Crippen LogP contribution in [0, 0.1) is 19.8 Å². The first-order valence-corrected chi connectivity index (χ1v) is 8.79. The molecule has 0 heterocycles. The molecule has 0 atom stereocenters. The van der Waals surface area contributed by atoms with Gasteiger partial charge >= 0.3 is 5.97 Å². The van der Waals surface area contributed by atoms with E-state index in [4.69, 9.17) is 11.5 Å². The third-order valence-electron chi connectivity index (χ3n) is 5.72. The van der Waals surface area contributed by atoms with E-state index in [0.717, 1.165) is 35.3 Å². The van der Waals surface area contributed by atoms with Gasteiger partial charge in [0.2, 0.25) is 0 Å². The Labute approximate surface area is 148 Å². The molecule has 0 saturated heterocycles. The number of carboxylic acid groups (broad SMARTS) is 1. The van der Waals surface area contributed by atoms with Crippen molar-refractivity contribution in [2.75, 3.05) is 11.5 Å². The van der Waals surface area contributed by atoms with Crippen molar-refractivity contribution in [1.82, 2.24) is 0 Å². The molecular formula is C21H26N2O2. The van der Waals surface area contributed by atoms with Crippen LogP contribution in [0.15, 0.2) is 36.4 Å². The quantitative estimate of drug-likeness (QED) is 0.737. The molecule has 4 heteroatoms. The predicted molar refractivity (Wildman–Crippen MR) is 102 cm³/mol. The van der Waals surface area contributed by atoms with E-state index in [-0.39, 0.29) is 11.3 Å². The molecule has 1 saturated carbocycles. The first-order chi connectivity index (χ1) is 11.8. The van der Waals surface area contributed by atoms with Crippen LogP contribution in [0.3, 0.4) is 0 Å². The van der Waals surface area contributed by atoms with Crippen molar-refractivity contribution in [3.05, 3.63) is 58.7 Å². The Morgan fingerprint density at radius 1 is 0.960 bits per heavy atom. The fraction of sp³-hybridized carbons (Fsp3) is 0.381. The molecule has 1 aliphatic rings. The van der Waals surface area contributed by atoms with Gasteiger partial charge in [0.15, 0.2) is 0 Å². The maximum absolute atomic E-state index is 11.4. The average Bonchev–Trinajstić information content (AvgIpc) is 2.54. The van der Waals surface area contributed by atoms with Gasteiger partial charge in [0.25, 0.3) is 0 Å². The summed E-state index contributed by atoms with van der Waals surface area (Å²) in [5.41, 5.74) is 18.1. The normalized spacial score (nSPS) is 17.4. The van der Waals surface area contributed by atoms with Crippen molar-refractivity contribution in [3.63, 3.8) is 0 Å². The Bertz CT molecular complexity index is 752. The highest BCUT2D eigenvalue weighted by Crippen LogP contribution is 2.49. The Hall–Kier alpha value is -2.49. The van der Waals surface area contributed by atoms with Gasteiger partial charge in [-0.05, 0) is 86.1 Å². The summed E-state index contributed by atoms with van der Waals surface area (Å²) in [6.45, 7) is 4.17. The average molecular weight is 338 g/mol. The lowest BCUT2D eigenvalue weighted by Gasteiger charge is -2.42. The Kier molecular flexibility index (Phi) is 4.46. The van der Waals surface area contributed by atoms with Crippen LogP contribution >= 0.6 is 0 Å². The van der Waals surface area contributed by atoms with Gasteiger partial charge in [-0.1, -0.05) is 12.1 Å². The summed E-state index contributed by atoms with van der Waals surface area (Å²) in [6, 6.07) is 12.1. The van der Waals surface area contributed by atoms with Crippen molar-refractivity contribution < 1.29 is 9.90 Å². The van der Waals surface area contributed by atoms with Crippen LogP contribution in [-0.2, 0) is 10.2 Å². The molecule has 132 valence electrons. The molecule has 1 aliphatic carbocycles. The van der Waals surface area contributed by atoms with Crippen molar-refractivity contribution in [1.29, 1.82) is 0 Å². The van der Waals surface area contributed by atoms with Gasteiger partial charge in [0.1, 0.15) is 0 Å². The van der Waals surface area contributed by atoms with Gasteiger partial charge in [-0.15, -0.1) is 0 Å². The highest BCUT2D eigenvalue weighted by Gasteiger charge is 2.41. The van der Waals surface area contributed by atoms with Crippen LogP contribution in [0.4, 0.5) is 11.4 Å². The predicted octanol–water partition coefficient (Wildman–Crippen LogP) is 4.03. The van der Waals surface area contributed by atoms with E-state index in [0.29, 0.717) is 12.8 Å². The molecule has 0 aliphatic heterocycles. The summed E-state index contributed by atoms with van der Waals surface area (Å²) in [4.78, 5) is 11.4. The zero-order chi connectivity index (χ0) is 18.2. The minimum atomic E-state index is -0.684. The van der Waals surface area contributed by atoms with Gasteiger partial charge in [-0.25, -0.2) is 0 Å². The van der Waals surface area contributed by atoms with E-state index in [1.165, 1.54) is 11.1 Å². The Morgan fingerprint density at radius 3 is 1.76 bits per heavy atom. The summed E-state index contributed by atoms with van der Waals surface area (Å²) in [6.07, 6.45) is 3.00. The van der Waals surface area contributed by atoms with Gasteiger partial charge in [0, 0.05) is 16.8 Å². The van der Waals surface area contributed by atoms with Gasteiger partial charge in [-0.2, -0.15) is 0 Å². The zero-order valence-electron chi connectivity index (χ0n) is 14.9. The zero-order valence-corrected chi connectivity index (χ0v) is 14.9. The maximum Gasteiger partial charge on any atom is 0.306 e. The number of rotatable bonds is 3. The number of carbonyl (C=O) groups is 1. The van der Waals surface area contributed by atoms with Crippen molar-refractivity contribution in [3.8, 4) is 0 Å². The van der Waals surface area contributed by atoms with E-state index in [2.05, 4.69) is 26.0 Å². The standard InChI is InChI=1S/C21H26N2O2/c1-13-11-16(22)3-5-18(13)21(9-7-15(8-10-21)20(24)25)19-6-4-17(23)12-14(19)2/h3-6,11-12,15H,7-10,22-23H2,1-2H3,(H,24,25). The molecule has 4 nitrogen and oxygen atoms in total. The summed E-state index contributed by atoms with van der Waals surface area (Å²) >= 11 is 0. The highest BCUT2D eigenvalue weighted by molar-refractivity contribution is 5.70. The first-order valence-electron chi connectivity index (χ1n) is 8.79. The molecule has 1 fully saturated rings. The number of carboxylic acids is 1. The van der Waals surface area contributed by atoms with Gasteiger partial charge < -0.3 is 16.6 Å². The largest absolute Gasteiger partial charge is 0.481 e. The molecule has 0 unspecified atom stereocenters. The number of benzene rings is 2. The molecule has 0 spiro atoms. The monoisotopic (exact) mass is 338 g/mol. The number of nitrogen functional groups attached to an aromatic ring is 2. The van der Waals surface area contributed by atoms with Gasteiger partial charge in [0.05, 0.1) is 5.92 Å². The van der Waals surface area contributed by atoms with Crippen LogP contribution < -0.4 is 11.5 Å². The van der Waals surface area contributed by atoms with Crippen LogP contribution in [-0.4, -0.2) is 11.1 Å². The minimum absolute atomic E-state index is 0.179. The summed E-state index contributed by atoms with van der Waals surface area (Å²) in [7, 11) is 0. The minimum Gasteiger partial charge on any atom is -0.481 e. The first kappa shape index (κ1) is 17.3. The fourth-order valence-corrected chi connectivity index (χ4v) is 4.49.